The Labute approximate surface area is 134 Å². The van der Waals surface area contributed by atoms with Crippen molar-refractivity contribution >= 4 is 11.5 Å². The molecular weight excluding hydrogens is 292 g/mol. The van der Waals surface area contributed by atoms with Gasteiger partial charge in [-0.15, -0.1) is 0 Å². The van der Waals surface area contributed by atoms with Crippen molar-refractivity contribution in [2.45, 2.75) is 0 Å². The molecule has 6 heteroatoms. The van der Waals surface area contributed by atoms with E-state index in [0.29, 0.717) is 17.3 Å². The topological polar surface area (TPSA) is 69.2 Å². The van der Waals surface area contributed by atoms with Gasteiger partial charge >= 0.3 is 0 Å². The fourth-order valence-electron chi connectivity index (χ4n) is 2.16. The molecule has 0 fully saturated rings. The number of hydrogen-bond acceptors (Lipinski definition) is 6. The van der Waals surface area contributed by atoms with E-state index < -0.39 is 0 Å². The monoisotopic (exact) mass is 308 g/mol. The molecule has 1 N–H and O–H groups in total. The zero-order valence-corrected chi connectivity index (χ0v) is 12.9. The Morgan fingerprint density at radius 1 is 0.957 bits per heavy atom. The molecule has 3 aromatic rings. The summed E-state index contributed by atoms with van der Waals surface area (Å²) in [6.07, 6.45) is 4.98. The number of benzene rings is 1. The molecule has 3 rings (SSSR count). The zero-order chi connectivity index (χ0) is 16.1. The van der Waals surface area contributed by atoms with Gasteiger partial charge < -0.3 is 14.8 Å². The molecule has 2 aromatic heterocycles. The van der Waals surface area contributed by atoms with Crippen LogP contribution in [0, 0.1) is 0 Å². The highest BCUT2D eigenvalue weighted by Crippen LogP contribution is 2.32. The van der Waals surface area contributed by atoms with Crippen LogP contribution < -0.4 is 14.8 Å². The molecule has 0 radical (unpaired) electrons. The average Bonchev–Trinajstić information content (AvgIpc) is 2.62. The number of aromatic nitrogens is 3. The predicted octanol–water partition coefficient (Wildman–Crippen LogP) is 3.30. The summed E-state index contributed by atoms with van der Waals surface area (Å²) in [5.74, 6) is 2.03. The molecular formula is C17H16N4O2. The number of anilines is 2. The van der Waals surface area contributed by atoms with Crippen LogP contribution in [0.5, 0.6) is 11.5 Å². The standard InChI is InChI=1S/C17H16N4O2/c1-22-15-6-5-12(8-16(15)23-2)14-9-17(20-11-19-14)21-13-4-3-7-18-10-13/h3-11H,1-2H3,(H,19,20,21). The van der Waals surface area contributed by atoms with Gasteiger partial charge in [0.15, 0.2) is 11.5 Å². The van der Waals surface area contributed by atoms with Crippen molar-refractivity contribution in [2.24, 2.45) is 0 Å². The molecule has 0 bridgehead atoms. The molecule has 116 valence electrons. The number of hydrogen-bond donors (Lipinski definition) is 1. The lowest BCUT2D eigenvalue weighted by Gasteiger charge is -2.10. The summed E-state index contributed by atoms with van der Waals surface area (Å²) < 4.78 is 10.6. The summed E-state index contributed by atoms with van der Waals surface area (Å²) in [6.45, 7) is 0. The van der Waals surface area contributed by atoms with Crippen LogP contribution in [0.2, 0.25) is 0 Å². The Bertz CT molecular complexity index is 794. The molecule has 0 spiro atoms. The summed E-state index contributed by atoms with van der Waals surface area (Å²) >= 11 is 0. The summed E-state index contributed by atoms with van der Waals surface area (Å²) in [6, 6.07) is 11.3. The first-order valence-electron chi connectivity index (χ1n) is 7.01. The Morgan fingerprint density at radius 3 is 2.57 bits per heavy atom. The minimum Gasteiger partial charge on any atom is -0.493 e. The Hall–Kier alpha value is -3.15. The van der Waals surface area contributed by atoms with E-state index in [1.807, 2.05) is 36.4 Å². The summed E-state index contributed by atoms with van der Waals surface area (Å²) in [5, 5.41) is 3.20. The van der Waals surface area contributed by atoms with Crippen molar-refractivity contribution in [3.63, 3.8) is 0 Å². The molecule has 0 aliphatic carbocycles. The number of nitrogens with one attached hydrogen (secondary N) is 1. The van der Waals surface area contributed by atoms with Crippen molar-refractivity contribution < 1.29 is 9.47 Å². The first-order valence-corrected chi connectivity index (χ1v) is 7.01. The van der Waals surface area contributed by atoms with Gasteiger partial charge in [-0.25, -0.2) is 9.97 Å². The summed E-state index contributed by atoms with van der Waals surface area (Å²) in [4.78, 5) is 12.6. The largest absolute Gasteiger partial charge is 0.493 e. The highest BCUT2D eigenvalue weighted by molar-refractivity contribution is 5.67. The van der Waals surface area contributed by atoms with Gasteiger partial charge in [0.05, 0.1) is 31.8 Å². The van der Waals surface area contributed by atoms with Crippen LogP contribution >= 0.6 is 0 Å². The fourth-order valence-corrected chi connectivity index (χ4v) is 2.16. The van der Waals surface area contributed by atoms with E-state index >= 15 is 0 Å². The molecule has 2 heterocycles. The highest BCUT2D eigenvalue weighted by atomic mass is 16.5. The van der Waals surface area contributed by atoms with E-state index in [1.165, 1.54) is 6.33 Å². The van der Waals surface area contributed by atoms with Crippen LogP contribution in [-0.2, 0) is 0 Å². The van der Waals surface area contributed by atoms with Crippen LogP contribution in [0.1, 0.15) is 0 Å². The van der Waals surface area contributed by atoms with Crippen molar-refractivity contribution in [3.05, 3.63) is 55.1 Å². The van der Waals surface area contributed by atoms with Gasteiger partial charge in [-0.2, -0.15) is 0 Å². The highest BCUT2D eigenvalue weighted by Gasteiger charge is 2.08. The third-order valence-corrected chi connectivity index (χ3v) is 3.28. The lowest BCUT2D eigenvalue weighted by atomic mass is 10.1. The maximum Gasteiger partial charge on any atom is 0.161 e. The molecule has 6 nitrogen and oxygen atoms in total. The van der Waals surface area contributed by atoms with Crippen LogP contribution in [0.15, 0.2) is 55.1 Å². The molecule has 0 saturated heterocycles. The number of pyridine rings is 1. The quantitative estimate of drug-likeness (QED) is 0.780. The number of methoxy groups -OCH3 is 2. The first kappa shape index (κ1) is 14.8. The van der Waals surface area contributed by atoms with E-state index in [1.54, 1.807) is 26.6 Å². The zero-order valence-electron chi connectivity index (χ0n) is 12.9. The minimum atomic E-state index is 0.658. The van der Waals surface area contributed by atoms with Crippen molar-refractivity contribution in [2.75, 3.05) is 19.5 Å². The Balaban J connectivity index is 1.90. The Morgan fingerprint density at radius 2 is 1.83 bits per heavy atom. The van der Waals surface area contributed by atoms with Gasteiger partial charge in [-0.3, -0.25) is 4.98 Å². The average molecular weight is 308 g/mol. The predicted molar refractivity (Wildman–Crippen MR) is 88.1 cm³/mol. The normalized spacial score (nSPS) is 10.2. The lowest BCUT2D eigenvalue weighted by molar-refractivity contribution is 0.355. The number of ether oxygens (including phenoxy) is 2. The second-order valence-corrected chi connectivity index (χ2v) is 4.72. The SMILES string of the molecule is COc1ccc(-c2cc(Nc3cccnc3)ncn2)cc1OC. The van der Waals surface area contributed by atoms with Gasteiger partial charge in [0, 0.05) is 17.8 Å². The summed E-state index contributed by atoms with van der Waals surface area (Å²) in [7, 11) is 3.22. The third-order valence-electron chi connectivity index (χ3n) is 3.28. The lowest BCUT2D eigenvalue weighted by Crippen LogP contribution is -1.96. The van der Waals surface area contributed by atoms with Crippen molar-refractivity contribution in [1.29, 1.82) is 0 Å². The molecule has 0 saturated carbocycles. The van der Waals surface area contributed by atoms with Crippen molar-refractivity contribution in [3.8, 4) is 22.8 Å². The molecule has 23 heavy (non-hydrogen) atoms. The van der Waals surface area contributed by atoms with Gasteiger partial charge in [-0.1, -0.05) is 0 Å². The van der Waals surface area contributed by atoms with Gasteiger partial charge in [-0.05, 0) is 30.3 Å². The van der Waals surface area contributed by atoms with E-state index in [-0.39, 0.29) is 0 Å². The summed E-state index contributed by atoms with van der Waals surface area (Å²) in [5.41, 5.74) is 2.57. The van der Waals surface area contributed by atoms with Crippen LogP contribution in [0.25, 0.3) is 11.3 Å². The molecule has 0 aliphatic rings. The van der Waals surface area contributed by atoms with E-state index in [2.05, 4.69) is 20.3 Å². The van der Waals surface area contributed by atoms with Gasteiger partial charge in [0.2, 0.25) is 0 Å². The van der Waals surface area contributed by atoms with E-state index in [0.717, 1.165) is 16.9 Å². The van der Waals surface area contributed by atoms with Gasteiger partial charge in [0.25, 0.3) is 0 Å². The number of nitrogens with zero attached hydrogens (tertiary/aromatic N) is 3. The number of rotatable bonds is 5. The van der Waals surface area contributed by atoms with E-state index in [9.17, 15) is 0 Å². The van der Waals surface area contributed by atoms with Crippen molar-refractivity contribution in [1.82, 2.24) is 15.0 Å². The maximum atomic E-state index is 5.33. The van der Waals surface area contributed by atoms with Gasteiger partial charge in [0.1, 0.15) is 12.1 Å². The third kappa shape index (κ3) is 3.37. The smallest absolute Gasteiger partial charge is 0.161 e. The Kier molecular flexibility index (Phi) is 4.33. The minimum absolute atomic E-state index is 0.658. The molecule has 0 unspecified atom stereocenters. The maximum absolute atomic E-state index is 5.33. The van der Waals surface area contributed by atoms with E-state index in [4.69, 9.17) is 9.47 Å². The molecule has 1 aromatic carbocycles. The second-order valence-electron chi connectivity index (χ2n) is 4.72. The molecule has 0 aliphatic heterocycles. The molecule has 0 atom stereocenters. The fraction of sp³-hybridized carbons (Fsp3) is 0.118. The van der Waals surface area contributed by atoms with Crippen LogP contribution in [0.3, 0.4) is 0 Å². The second kappa shape index (κ2) is 6.74. The van der Waals surface area contributed by atoms with Crippen LogP contribution in [-0.4, -0.2) is 29.2 Å². The van der Waals surface area contributed by atoms with Crippen LogP contribution in [0.4, 0.5) is 11.5 Å². The first-order chi connectivity index (χ1) is 11.3. The molecule has 0 amide bonds.